The fraction of sp³-hybridized carbons (Fsp3) is 0.579. The molecule has 0 bridgehead atoms. The molecular formula is C19H27N3O4. The number of nitrogens with one attached hydrogen (secondary N) is 1. The fourth-order valence-electron chi connectivity index (χ4n) is 3.90. The average molecular weight is 361 g/mol. The number of alkyl carbamates (subject to hydrolysis) is 1. The van der Waals surface area contributed by atoms with Crippen LogP contribution in [-0.2, 0) is 11.2 Å². The van der Waals surface area contributed by atoms with Gasteiger partial charge in [0.2, 0.25) is 0 Å². The summed E-state index contributed by atoms with van der Waals surface area (Å²) in [5.41, 5.74) is 5.92. The molecule has 2 unspecified atom stereocenters. The summed E-state index contributed by atoms with van der Waals surface area (Å²) in [4.78, 5) is 25.5. The number of nitrogens with two attached hydrogens (primary N) is 1. The van der Waals surface area contributed by atoms with Crippen LogP contribution in [0.2, 0.25) is 0 Å². The van der Waals surface area contributed by atoms with Crippen molar-refractivity contribution in [2.45, 2.75) is 63.8 Å². The van der Waals surface area contributed by atoms with E-state index in [1.807, 2.05) is 19.1 Å². The first-order valence-electron chi connectivity index (χ1n) is 8.90. The van der Waals surface area contributed by atoms with Gasteiger partial charge in [0.1, 0.15) is 11.3 Å². The molecule has 0 saturated heterocycles. The molecule has 142 valence electrons. The summed E-state index contributed by atoms with van der Waals surface area (Å²) < 4.78 is 5.37. The third-order valence-electron chi connectivity index (χ3n) is 5.43. The molecule has 26 heavy (non-hydrogen) atoms. The number of para-hydroxylation sites is 1. The van der Waals surface area contributed by atoms with Crippen LogP contribution in [0.4, 0.5) is 15.3 Å². The van der Waals surface area contributed by atoms with Crippen molar-refractivity contribution in [1.29, 1.82) is 0 Å². The van der Waals surface area contributed by atoms with E-state index in [0.717, 1.165) is 18.4 Å². The highest BCUT2D eigenvalue weighted by Crippen LogP contribution is 2.51. The number of hydrogen-bond acceptors (Lipinski definition) is 4. The van der Waals surface area contributed by atoms with Crippen LogP contribution in [0.25, 0.3) is 0 Å². The van der Waals surface area contributed by atoms with Crippen LogP contribution in [0.5, 0.6) is 0 Å². The fourth-order valence-corrected chi connectivity index (χ4v) is 3.90. The van der Waals surface area contributed by atoms with Crippen molar-refractivity contribution in [2.24, 2.45) is 11.7 Å². The topological polar surface area (TPSA) is 105 Å². The van der Waals surface area contributed by atoms with Crippen LogP contribution in [0.3, 0.4) is 0 Å². The molecular weight excluding hydrogens is 334 g/mol. The van der Waals surface area contributed by atoms with E-state index in [2.05, 4.69) is 5.32 Å². The largest absolute Gasteiger partial charge is 0.465 e. The summed E-state index contributed by atoms with van der Waals surface area (Å²) >= 11 is 0. The SMILES string of the molecule is CC(C1(NC(=O)OC(C)(C)C)CC1)C1(N)Cc2ccccc2N1C(=O)O. The molecule has 4 N–H and O–H groups in total. The number of carbonyl (C=O) groups is 2. The van der Waals surface area contributed by atoms with Crippen molar-refractivity contribution in [1.82, 2.24) is 5.32 Å². The van der Waals surface area contributed by atoms with Crippen LogP contribution >= 0.6 is 0 Å². The van der Waals surface area contributed by atoms with E-state index < -0.39 is 29.0 Å². The molecule has 0 radical (unpaired) electrons. The van der Waals surface area contributed by atoms with E-state index in [-0.39, 0.29) is 5.92 Å². The molecule has 2 aliphatic rings. The van der Waals surface area contributed by atoms with E-state index in [9.17, 15) is 14.7 Å². The quantitative estimate of drug-likeness (QED) is 0.767. The third-order valence-corrected chi connectivity index (χ3v) is 5.43. The number of fused-ring (bicyclic) bond motifs is 1. The predicted molar refractivity (Wildman–Crippen MR) is 98.1 cm³/mol. The monoisotopic (exact) mass is 361 g/mol. The van der Waals surface area contributed by atoms with E-state index in [1.165, 1.54) is 4.90 Å². The van der Waals surface area contributed by atoms with E-state index in [0.29, 0.717) is 12.1 Å². The molecule has 1 aliphatic carbocycles. The lowest BCUT2D eigenvalue weighted by Gasteiger charge is -2.42. The van der Waals surface area contributed by atoms with E-state index in [1.54, 1.807) is 32.9 Å². The first-order valence-corrected chi connectivity index (χ1v) is 8.90. The van der Waals surface area contributed by atoms with Gasteiger partial charge >= 0.3 is 12.2 Å². The lowest BCUT2D eigenvalue weighted by molar-refractivity contribution is 0.0456. The van der Waals surface area contributed by atoms with E-state index >= 15 is 0 Å². The lowest BCUT2D eigenvalue weighted by Crippen LogP contribution is -2.66. The molecule has 2 atom stereocenters. The maximum absolute atomic E-state index is 12.3. The molecule has 1 aromatic rings. The number of anilines is 1. The van der Waals surface area contributed by atoms with Gasteiger partial charge < -0.3 is 20.9 Å². The Hall–Kier alpha value is -2.28. The Bertz CT molecular complexity index is 739. The molecule has 1 saturated carbocycles. The minimum atomic E-state index is -1.12. The van der Waals surface area contributed by atoms with Crippen molar-refractivity contribution in [3.63, 3.8) is 0 Å². The molecule has 7 nitrogen and oxygen atoms in total. The minimum Gasteiger partial charge on any atom is -0.465 e. The second-order valence-corrected chi connectivity index (χ2v) is 8.42. The van der Waals surface area contributed by atoms with Crippen molar-refractivity contribution >= 4 is 17.9 Å². The van der Waals surface area contributed by atoms with Gasteiger partial charge in [0.05, 0.1) is 5.69 Å². The maximum atomic E-state index is 12.3. The zero-order chi connectivity index (χ0) is 19.3. The average Bonchev–Trinajstić information content (AvgIpc) is 3.19. The van der Waals surface area contributed by atoms with Gasteiger partial charge in [-0.15, -0.1) is 0 Å². The summed E-state index contributed by atoms with van der Waals surface area (Å²) in [5.74, 6) is -0.286. The van der Waals surface area contributed by atoms with Crippen LogP contribution < -0.4 is 16.0 Å². The smallest absolute Gasteiger partial charge is 0.413 e. The Morgan fingerprint density at radius 1 is 1.31 bits per heavy atom. The summed E-state index contributed by atoms with van der Waals surface area (Å²) in [7, 11) is 0. The van der Waals surface area contributed by atoms with Gasteiger partial charge in [-0.1, -0.05) is 25.1 Å². The minimum absolute atomic E-state index is 0.286. The number of rotatable bonds is 3. The molecule has 2 amide bonds. The number of carbonyl (C=O) groups excluding carboxylic acids is 1. The highest BCUT2D eigenvalue weighted by Gasteiger charge is 2.60. The molecule has 1 aliphatic heterocycles. The van der Waals surface area contributed by atoms with Gasteiger partial charge in [-0.2, -0.15) is 0 Å². The molecule has 1 fully saturated rings. The van der Waals surface area contributed by atoms with Crippen LogP contribution in [0.15, 0.2) is 24.3 Å². The normalized spacial score (nSPS) is 24.6. The predicted octanol–water partition coefficient (Wildman–Crippen LogP) is 3.08. The summed E-state index contributed by atoms with van der Waals surface area (Å²) in [6.45, 7) is 7.32. The summed E-state index contributed by atoms with van der Waals surface area (Å²) in [6.07, 6.45) is 0.320. The Kier molecular flexibility index (Phi) is 4.18. The Morgan fingerprint density at radius 3 is 2.46 bits per heavy atom. The second kappa shape index (κ2) is 5.87. The van der Waals surface area contributed by atoms with E-state index in [4.69, 9.17) is 10.5 Å². The van der Waals surface area contributed by atoms with Gasteiger partial charge in [-0.25, -0.2) is 9.59 Å². The molecule has 0 spiro atoms. The molecule has 0 aromatic heterocycles. The standard InChI is InChI=1S/C19H27N3O4/c1-12(18(9-10-18)21-15(23)26-17(2,3)4)19(20)11-13-7-5-6-8-14(13)22(19)16(24)25/h5-8,12H,9-11,20H2,1-4H3,(H,21,23)(H,24,25). The van der Waals surface area contributed by atoms with Crippen LogP contribution in [0.1, 0.15) is 46.1 Å². The number of benzene rings is 1. The Morgan fingerprint density at radius 2 is 1.92 bits per heavy atom. The lowest BCUT2D eigenvalue weighted by atomic mass is 9.83. The number of ether oxygens (including phenoxy) is 1. The number of nitrogens with zero attached hydrogens (tertiary/aromatic N) is 1. The first kappa shape index (κ1) is 18.5. The van der Waals surface area contributed by atoms with Crippen LogP contribution in [0, 0.1) is 5.92 Å². The van der Waals surface area contributed by atoms with Gasteiger partial charge in [0.15, 0.2) is 0 Å². The number of amides is 2. The van der Waals surface area contributed by atoms with Crippen molar-refractivity contribution < 1.29 is 19.4 Å². The molecule has 1 heterocycles. The van der Waals surface area contributed by atoms with Crippen molar-refractivity contribution in [3.05, 3.63) is 29.8 Å². The molecule has 1 aromatic carbocycles. The van der Waals surface area contributed by atoms with Crippen molar-refractivity contribution in [2.75, 3.05) is 4.90 Å². The van der Waals surface area contributed by atoms with Gasteiger partial charge in [0.25, 0.3) is 0 Å². The van der Waals surface area contributed by atoms with Gasteiger partial charge in [-0.3, -0.25) is 4.90 Å². The summed E-state index contributed by atoms with van der Waals surface area (Å²) in [6, 6.07) is 7.34. The highest BCUT2D eigenvalue weighted by atomic mass is 16.6. The van der Waals surface area contributed by atoms with Crippen LogP contribution in [-0.4, -0.2) is 34.1 Å². The van der Waals surface area contributed by atoms with Gasteiger partial charge in [-0.05, 0) is 45.2 Å². The first-order chi connectivity index (χ1) is 12.0. The number of carboxylic acid groups (broad SMARTS) is 1. The summed E-state index contributed by atoms with van der Waals surface area (Å²) in [5, 5.41) is 12.8. The van der Waals surface area contributed by atoms with Gasteiger partial charge in [0, 0.05) is 17.9 Å². The maximum Gasteiger partial charge on any atom is 0.413 e. The second-order valence-electron chi connectivity index (χ2n) is 8.42. The number of hydrogen-bond donors (Lipinski definition) is 3. The zero-order valence-electron chi connectivity index (χ0n) is 15.7. The highest BCUT2D eigenvalue weighted by molar-refractivity contribution is 5.91. The molecule has 7 heteroatoms. The molecule has 3 rings (SSSR count). The van der Waals surface area contributed by atoms with Crippen molar-refractivity contribution in [3.8, 4) is 0 Å². The zero-order valence-corrected chi connectivity index (χ0v) is 15.7. The third kappa shape index (κ3) is 3.11. The Labute approximate surface area is 153 Å². The Balaban J connectivity index is 1.86.